The van der Waals surface area contributed by atoms with Crippen LogP contribution in [0.3, 0.4) is 0 Å². The molecule has 2 aliphatic carbocycles. The molecule has 2 fully saturated rings. The Kier molecular flexibility index (Phi) is 2.61. The number of fused-ring (bicyclic) bond motifs is 1. The maximum absolute atomic E-state index is 5.65. The smallest absolute Gasteiger partial charge is 0.122 e. The number of halogens is 1. The molecule has 0 bridgehead atoms. The van der Waals surface area contributed by atoms with Gasteiger partial charge in [0.15, 0.2) is 0 Å². The molecule has 2 saturated carbocycles. The number of ether oxygens (including phenoxy) is 1. The van der Waals surface area contributed by atoms with E-state index in [4.69, 9.17) is 4.74 Å². The summed E-state index contributed by atoms with van der Waals surface area (Å²) >= 11 is 3.68. The van der Waals surface area contributed by atoms with E-state index in [0.29, 0.717) is 5.41 Å². The van der Waals surface area contributed by atoms with Crippen LogP contribution in [0.15, 0.2) is 16.6 Å². The molecule has 0 aliphatic heterocycles. The normalized spacial score (nSPS) is 37.5. The van der Waals surface area contributed by atoms with Crippen molar-refractivity contribution in [3.8, 4) is 5.75 Å². The van der Waals surface area contributed by atoms with Crippen LogP contribution in [0, 0.1) is 18.3 Å². The quantitative estimate of drug-likeness (QED) is 0.759. The number of benzene rings is 1. The first-order chi connectivity index (χ1) is 8.42. The van der Waals surface area contributed by atoms with Gasteiger partial charge in [-0.05, 0) is 55.2 Å². The van der Waals surface area contributed by atoms with E-state index in [1.54, 1.807) is 7.11 Å². The van der Waals surface area contributed by atoms with Crippen LogP contribution in [0.25, 0.3) is 0 Å². The summed E-state index contributed by atoms with van der Waals surface area (Å²) in [5.74, 6) is 2.00. The van der Waals surface area contributed by atoms with Crippen molar-refractivity contribution in [1.82, 2.24) is 0 Å². The number of hydrogen-bond donors (Lipinski definition) is 0. The van der Waals surface area contributed by atoms with Crippen molar-refractivity contribution in [1.29, 1.82) is 0 Å². The van der Waals surface area contributed by atoms with E-state index < -0.39 is 0 Å². The van der Waals surface area contributed by atoms with E-state index in [-0.39, 0.29) is 5.41 Å². The highest BCUT2D eigenvalue weighted by molar-refractivity contribution is 9.10. The standard InChI is InChI=1S/C16H21BrO/c1-10-7-14(18-4)12(8-13(10)17)15(2)6-5-11-9-16(11,15)3/h7-8,11H,5-6,9H2,1-4H3/t11?,15-,16-/m1/s1. The maximum atomic E-state index is 5.65. The molecule has 0 saturated heterocycles. The predicted octanol–water partition coefficient (Wildman–Crippen LogP) is 4.84. The van der Waals surface area contributed by atoms with E-state index >= 15 is 0 Å². The third-order valence-electron chi connectivity index (χ3n) is 5.74. The van der Waals surface area contributed by atoms with Gasteiger partial charge < -0.3 is 4.74 Å². The van der Waals surface area contributed by atoms with Crippen LogP contribution < -0.4 is 4.74 Å². The van der Waals surface area contributed by atoms with Crippen molar-refractivity contribution in [2.45, 2.75) is 45.4 Å². The van der Waals surface area contributed by atoms with Crippen LogP contribution in [0.2, 0.25) is 0 Å². The molecule has 2 heteroatoms. The SMILES string of the molecule is COc1cc(C)c(Br)cc1[C@@]1(C)CCC2C[C@]21C. The molecule has 18 heavy (non-hydrogen) atoms. The van der Waals surface area contributed by atoms with Gasteiger partial charge in [-0.25, -0.2) is 0 Å². The maximum Gasteiger partial charge on any atom is 0.122 e. The average molecular weight is 309 g/mol. The van der Waals surface area contributed by atoms with Crippen LogP contribution in [-0.2, 0) is 5.41 Å². The van der Waals surface area contributed by atoms with Crippen LogP contribution in [-0.4, -0.2) is 7.11 Å². The molecule has 0 amide bonds. The molecule has 2 aliphatic rings. The molecule has 1 unspecified atom stereocenters. The van der Waals surface area contributed by atoms with E-state index in [1.165, 1.54) is 34.9 Å². The van der Waals surface area contributed by atoms with Crippen LogP contribution >= 0.6 is 15.9 Å². The minimum absolute atomic E-state index is 0.277. The first-order valence-electron chi connectivity index (χ1n) is 6.77. The lowest BCUT2D eigenvalue weighted by atomic mass is 9.70. The molecule has 1 aromatic rings. The van der Waals surface area contributed by atoms with Crippen molar-refractivity contribution >= 4 is 15.9 Å². The fourth-order valence-electron chi connectivity index (χ4n) is 4.00. The summed E-state index contributed by atoms with van der Waals surface area (Å²) in [5.41, 5.74) is 3.41. The number of hydrogen-bond acceptors (Lipinski definition) is 1. The second-order valence-electron chi connectivity index (χ2n) is 6.49. The predicted molar refractivity (Wildman–Crippen MR) is 78.2 cm³/mol. The fourth-order valence-corrected chi connectivity index (χ4v) is 4.34. The highest BCUT2D eigenvalue weighted by Gasteiger charge is 2.66. The number of aryl methyl sites for hydroxylation is 1. The largest absolute Gasteiger partial charge is 0.496 e. The Morgan fingerprint density at radius 3 is 2.56 bits per heavy atom. The Morgan fingerprint density at radius 1 is 1.33 bits per heavy atom. The molecular weight excluding hydrogens is 288 g/mol. The zero-order valence-electron chi connectivity index (χ0n) is 11.6. The molecule has 0 radical (unpaired) electrons. The summed E-state index contributed by atoms with van der Waals surface area (Å²) < 4.78 is 6.85. The van der Waals surface area contributed by atoms with Gasteiger partial charge in [-0.2, -0.15) is 0 Å². The van der Waals surface area contributed by atoms with Gasteiger partial charge in [-0.15, -0.1) is 0 Å². The Labute approximate surface area is 118 Å². The van der Waals surface area contributed by atoms with Gasteiger partial charge in [0.25, 0.3) is 0 Å². The molecule has 1 nitrogen and oxygen atoms in total. The molecule has 3 atom stereocenters. The molecule has 0 heterocycles. The van der Waals surface area contributed by atoms with Gasteiger partial charge in [0.2, 0.25) is 0 Å². The summed E-state index contributed by atoms with van der Waals surface area (Å²) in [6, 6.07) is 4.46. The van der Waals surface area contributed by atoms with Gasteiger partial charge in [0.05, 0.1) is 7.11 Å². The lowest BCUT2D eigenvalue weighted by Crippen LogP contribution is -2.29. The highest BCUT2D eigenvalue weighted by Crippen LogP contribution is 2.73. The van der Waals surface area contributed by atoms with Crippen molar-refractivity contribution < 1.29 is 4.74 Å². The van der Waals surface area contributed by atoms with E-state index in [9.17, 15) is 0 Å². The van der Waals surface area contributed by atoms with Gasteiger partial charge >= 0.3 is 0 Å². The summed E-state index contributed by atoms with van der Waals surface area (Å²) in [5, 5.41) is 0. The van der Waals surface area contributed by atoms with Gasteiger partial charge in [-0.1, -0.05) is 29.8 Å². The van der Waals surface area contributed by atoms with Crippen LogP contribution in [0.4, 0.5) is 0 Å². The van der Waals surface area contributed by atoms with E-state index in [1.807, 2.05) is 0 Å². The molecule has 0 spiro atoms. The van der Waals surface area contributed by atoms with Gasteiger partial charge in [0, 0.05) is 15.5 Å². The van der Waals surface area contributed by atoms with E-state index in [0.717, 1.165) is 11.7 Å². The van der Waals surface area contributed by atoms with Crippen LogP contribution in [0.5, 0.6) is 5.75 Å². The topological polar surface area (TPSA) is 9.23 Å². The zero-order valence-corrected chi connectivity index (χ0v) is 13.2. The average Bonchev–Trinajstić information content (AvgIpc) is 2.95. The van der Waals surface area contributed by atoms with Crippen molar-refractivity contribution in [3.05, 3.63) is 27.7 Å². The molecule has 0 N–H and O–H groups in total. The third-order valence-corrected chi connectivity index (χ3v) is 6.59. The fraction of sp³-hybridized carbons (Fsp3) is 0.625. The monoisotopic (exact) mass is 308 g/mol. The molecule has 98 valence electrons. The molecule has 0 aromatic heterocycles. The zero-order chi connectivity index (χ0) is 13.1. The summed E-state index contributed by atoms with van der Waals surface area (Å²) in [6.07, 6.45) is 4.06. The lowest BCUT2D eigenvalue weighted by molar-refractivity contribution is 0.295. The van der Waals surface area contributed by atoms with E-state index in [2.05, 4.69) is 48.8 Å². The molecular formula is C16H21BrO. The Morgan fingerprint density at radius 2 is 2.06 bits per heavy atom. The third kappa shape index (κ3) is 1.44. The molecule has 1 aromatic carbocycles. The summed E-state index contributed by atoms with van der Waals surface area (Å²) in [7, 11) is 1.79. The van der Waals surface area contributed by atoms with Crippen LogP contribution in [0.1, 0.15) is 44.2 Å². The Hall–Kier alpha value is -0.500. The minimum atomic E-state index is 0.277. The first-order valence-corrected chi connectivity index (χ1v) is 7.56. The minimum Gasteiger partial charge on any atom is -0.496 e. The van der Waals surface area contributed by atoms with Crippen molar-refractivity contribution in [2.75, 3.05) is 7.11 Å². The second kappa shape index (κ2) is 3.75. The highest BCUT2D eigenvalue weighted by atomic mass is 79.9. The van der Waals surface area contributed by atoms with Crippen molar-refractivity contribution in [2.24, 2.45) is 11.3 Å². The van der Waals surface area contributed by atoms with Gasteiger partial charge in [-0.3, -0.25) is 0 Å². The summed E-state index contributed by atoms with van der Waals surface area (Å²) in [6.45, 7) is 7.01. The number of rotatable bonds is 2. The second-order valence-corrected chi connectivity index (χ2v) is 7.35. The number of methoxy groups -OCH3 is 1. The first kappa shape index (κ1) is 12.5. The van der Waals surface area contributed by atoms with Crippen molar-refractivity contribution in [3.63, 3.8) is 0 Å². The Balaban J connectivity index is 2.14. The lowest BCUT2D eigenvalue weighted by Gasteiger charge is -2.35. The summed E-state index contributed by atoms with van der Waals surface area (Å²) in [4.78, 5) is 0. The Bertz CT molecular complexity index is 508. The molecule has 3 rings (SSSR count). The van der Waals surface area contributed by atoms with Gasteiger partial charge in [0.1, 0.15) is 5.75 Å².